The van der Waals surface area contributed by atoms with Crippen molar-refractivity contribution in [2.24, 2.45) is 0 Å². The van der Waals surface area contributed by atoms with Gasteiger partial charge in [0.25, 0.3) is 0 Å². The van der Waals surface area contributed by atoms with Crippen LogP contribution in [0.25, 0.3) is 0 Å². The number of carbonyl (C=O) groups excluding carboxylic acids is 1. The lowest BCUT2D eigenvalue weighted by molar-refractivity contribution is 0.0971. The summed E-state index contributed by atoms with van der Waals surface area (Å²) in [5, 5.41) is 9.23. The zero-order chi connectivity index (χ0) is 10.3. The highest BCUT2D eigenvalue weighted by Crippen LogP contribution is 2.35. The molecule has 1 aliphatic carbocycles. The lowest BCUT2D eigenvalue weighted by Gasteiger charge is -2.16. The zero-order valence-corrected chi connectivity index (χ0v) is 8.07. The molecule has 0 amide bonds. The van der Waals surface area contributed by atoms with Gasteiger partial charge >= 0.3 is 0 Å². The summed E-state index contributed by atoms with van der Waals surface area (Å²) in [4.78, 5) is 11.4. The van der Waals surface area contributed by atoms with Crippen LogP contribution in [0.3, 0.4) is 0 Å². The van der Waals surface area contributed by atoms with Gasteiger partial charge in [0.05, 0.1) is 5.02 Å². The minimum Gasteiger partial charge on any atom is -0.505 e. The van der Waals surface area contributed by atoms with Crippen molar-refractivity contribution in [1.82, 2.24) is 0 Å². The number of rotatable bonds is 0. The summed E-state index contributed by atoms with van der Waals surface area (Å²) in [6.45, 7) is 0. The molecule has 0 radical (unpaired) electrons. The molecule has 0 unspecified atom stereocenters. The molecule has 4 heteroatoms. The minimum atomic E-state index is -0.833. The number of carbonyl (C=O) groups is 1. The third kappa shape index (κ3) is 1.28. The SMILES string of the molecule is O=C1CCCc2c1cc(Cl)c(F)c2O. The van der Waals surface area contributed by atoms with Gasteiger partial charge in [0.2, 0.25) is 0 Å². The molecule has 0 atom stereocenters. The third-order valence-electron chi connectivity index (χ3n) is 2.43. The highest BCUT2D eigenvalue weighted by molar-refractivity contribution is 6.31. The van der Waals surface area contributed by atoms with E-state index in [-0.39, 0.29) is 10.8 Å². The largest absolute Gasteiger partial charge is 0.505 e. The summed E-state index contributed by atoms with van der Waals surface area (Å²) in [6, 6.07) is 1.30. The lowest BCUT2D eigenvalue weighted by Crippen LogP contribution is -2.11. The molecule has 1 aliphatic rings. The van der Waals surface area contributed by atoms with E-state index in [1.807, 2.05) is 0 Å². The summed E-state index contributed by atoms with van der Waals surface area (Å²) < 4.78 is 13.2. The molecule has 74 valence electrons. The predicted octanol–water partition coefficient (Wildman–Crippen LogP) is 2.70. The molecule has 0 saturated heterocycles. The molecule has 0 bridgehead atoms. The van der Waals surface area contributed by atoms with Crippen molar-refractivity contribution in [3.8, 4) is 5.75 Å². The molecule has 2 nitrogen and oxygen atoms in total. The van der Waals surface area contributed by atoms with Crippen LogP contribution < -0.4 is 0 Å². The molecule has 0 aliphatic heterocycles. The monoisotopic (exact) mass is 214 g/mol. The average molecular weight is 215 g/mol. The highest BCUT2D eigenvalue weighted by atomic mass is 35.5. The minimum absolute atomic E-state index is 0.0801. The van der Waals surface area contributed by atoms with E-state index in [9.17, 15) is 14.3 Å². The second-order valence-electron chi connectivity index (χ2n) is 3.32. The zero-order valence-electron chi connectivity index (χ0n) is 7.31. The van der Waals surface area contributed by atoms with Crippen LogP contribution in [0.2, 0.25) is 5.02 Å². The molecule has 0 spiro atoms. The molecular weight excluding hydrogens is 207 g/mol. The van der Waals surface area contributed by atoms with Crippen LogP contribution in [-0.4, -0.2) is 10.9 Å². The normalized spacial score (nSPS) is 15.4. The van der Waals surface area contributed by atoms with E-state index < -0.39 is 11.6 Å². The van der Waals surface area contributed by atoms with Crippen LogP contribution in [0.15, 0.2) is 6.07 Å². The highest BCUT2D eigenvalue weighted by Gasteiger charge is 2.23. The second-order valence-corrected chi connectivity index (χ2v) is 3.73. The summed E-state index contributed by atoms with van der Waals surface area (Å²) in [7, 11) is 0. The molecular formula is C10H8ClFO2. The van der Waals surface area contributed by atoms with Crippen molar-refractivity contribution < 1.29 is 14.3 Å². The summed E-state index contributed by atoms with van der Waals surface area (Å²) in [5.74, 6) is -1.39. The number of aromatic hydroxyl groups is 1. The third-order valence-corrected chi connectivity index (χ3v) is 2.71. The first-order chi connectivity index (χ1) is 6.61. The number of phenols is 1. The van der Waals surface area contributed by atoms with Crippen molar-refractivity contribution in [2.45, 2.75) is 19.3 Å². The van der Waals surface area contributed by atoms with E-state index in [1.165, 1.54) is 6.07 Å². The molecule has 0 fully saturated rings. The molecule has 2 rings (SSSR count). The first-order valence-electron chi connectivity index (χ1n) is 4.34. The predicted molar refractivity (Wildman–Crippen MR) is 50.3 cm³/mol. The van der Waals surface area contributed by atoms with Crippen LogP contribution >= 0.6 is 11.6 Å². The molecule has 0 aromatic heterocycles. The number of benzene rings is 1. The van der Waals surface area contributed by atoms with Gasteiger partial charge in [-0.25, -0.2) is 4.39 Å². The number of hydrogen-bond acceptors (Lipinski definition) is 2. The Bertz CT molecular complexity index is 415. The number of ketones is 1. The van der Waals surface area contributed by atoms with Crippen molar-refractivity contribution in [1.29, 1.82) is 0 Å². The Kier molecular flexibility index (Phi) is 2.19. The van der Waals surface area contributed by atoms with E-state index in [4.69, 9.17) is 11.6 Å². The van der Waals surface area contributed by atoms with Crippen LogP contribution in [0.5, 0.6) is 5.75 Å². The maximum atomic E-state index is 13.2. The number of halogens is 2. The Morgan fingerprint density at radius 3 is 2.86 bits per heavy atom. The number of phenolic OH excluding ortho intramolecular Hbond substituents is 1. The fourth-order valence-corrected chi connectivity index (χ4v) is 1.91. The van der Waals surface area contributed by atoms with E-state index in [0.717, 1.165) is 0 Å². The van der Waals surface area contributed by atoms with Gasteiger partial charge in [-0.2, -0.15) is 0 Å². The smallest absolute Gasteiger partial charge is 0.183 e. The van der Waals surface area contributed by atoms with E-state index in [2.05, 4.69) is 0 Å². The topological polar surface area (TPSA) is 37.3 Å². The molecule has 0 heterocycles. The molecule has 1 aromatic carbocycles. The van der Waals surface area contributed by atoms with Crippen LogP contribution in [0.4, 0.5) is 4.39 Å². The van der Waals surface area contributed by atoms with Gasteiger partial charge in [0, 0.05) is 17.5 Å². The number of fused-ring (bicyclic) bond motifs is 1. The Morgan fingerprint density at radius 1 is 1.43 bits per heavy atom. The quantitative estimate of drug-likeness (QED) is 0.721. The maximum absolute atomic E-state index is 13.2. The van der Waals surface area contributed by atoms with E-state index in [0.29, 0.717) is 30.4 Å². The fraction of sp³-hybridized carbons (Fsp3) is 0.300. The fourth-order valence-electron chi connectivity index (χ4n) is 1.71. The molecule has 14 heavy (non-hydrogen) atoms. The summed E-state index contributed by atoms with van der Waals surface area (Å²) >= 11 is 5.53. The number of Topliss-reactive ketones (excluding diaryl/α,β-unsaturated/α-hetero) is 1. The second kappa shape index (κ2) is 3.24. The average Bonchev–Trinajstić information content (AvgIpc) is 2.17. The van der Waals surface area contributed by atoms with Gasteiger partial charge in [-0.1, -0.05) is 11.6 Å². The molecule has 1 aromatic rings. The summed E-state index contributed by atoms with van der Waals surface area (Å²) in [5.41, 5.74) is 0.753. The summed E-state index contributed by atoms with van der Waals surface area (Å²) in [6.07, 6.45) is 1.62. The Hall–Kier alpha value is -1.09. The standard InChI is InChI=1S/C10H8ClFO2/c11-7-4-6-5(10(14)9(7)12)2-1-3-8(6)13/h4,14H,1-3H2. The van der Waals surface area contributed by atoms with E-state index >= 15 is 0 Å². The first kappa shape index (κ1) is 9.46. The van der Waals surface area contributed by atoms with Gasteiger partial charge in [-0.05, 0) is 18.9 Å². The lowest BCUT2D eigenvalue weighted by atomic mass is 9.90. The van der Waals surface area contributed by atoms with E-state index in [1.54, 1.807) is 0 Å². The molecule has 0 saturated carbocycles. The number of hydrogen-bond donors (Lipinski definition) is 1. The van der Waals surface area contributed by atoms with Crippen molar-refractivity contribution in [3.05, 3.63) is 28.0 Å². The molecule has 1 N–H and O–H groups in total. The Balaban J connectivity index is 2.69. The van der Waals surface area contributed by atoms with Crippen molar-refractivity contribution in [3.63, 3.8) is 0 Å². The Morgan fingerprint density at radius 2 is 2.14 bits per heavy atom. The van der Waals surface area contributed by atoms with Crippen molar-refractivity contribution >= 4 is 17.4 Å². The first-order valence-corrected chi connectivity index (χ1v) is 4.72. The van der Waals surface area contributed by atoms with Gasteiger partial charge in [-0.15, -0.1) is 0 Å². The van der Waals surface area contributed by atoms with Gasteiger partial charge in [0.1, 0.15) is 0 Å². The van der Waals surface area contributed by atoms with Crippen LogP contribution in [-0.2, 0) is 6.42 Å². The Labute approximate surface area is 85.3 Å². The van der Waals surface area contributed by atoms with Gasteiger partial charge in [-0.3, -0.25) is 4.79 Å². The van der Waals surface area contributed by atoms with Gasteiger partial charge < -0.3 is 5.11 Å². The van der Waals surface area contributed by atoms with Crippen LogP contribution in [0.1, 0.15) is 28.8 Å². The van der Waals surface area contributed by atoms with Gasteiger partial charge in [0.15, 0.2) is 17.3 Å². The van der Waals surface area contributed by atoms with Crippen LogP contribution in [0, 0.1) is 5.82 Å². The maximum Gasteiger partial charge on any atom is 0.183 e. The van der Waals surface area contributed by atoms with Crippen molar-refractivity contribution in [2.75, 3.05) is 0 Å².